The second-order valence-electron chi connectivity index (χ2n) is 5.18. The molecule has 0 atom stereocenters. The molecule has 0 fully saturated rings. The van der Waals surface area contributed by atoms with Gasteiger partial charge in [-0.1, -0.05) is 40.2 Å². The highest BCUT2D eigenvalue weighted by molar-refractivity contribution is 9.10. The molecule has 0 bridgehead atoms. The van der Waals surface area contributed by atoms with Crippen molar-refractivity contribution in [3.8, 4) is 17.1 Å². The Hall–Kier alpha value is -2.34. The number of hydrogen-bond donors (Lipinski definition) is 0. The molecule has 0 radical (unpaired) electrons. The predicted octanol–water partition coefficient (Wildman–Crippen LogP) is 3.07. The first-order valence-electron chi connectivity index (χ1n) is 7.11. The van der Waals surface area contributed by atoms with E-state index in [1.807, 2.05) is 48.5 Å². The standard InChI is InChI=1S/C17H16BrN3O2/c1-20-16(13-5-7-14(18)8-6-13)19-21(17(20)22)11-12-3-9-15(23-2)10-4-12/h3-10H,11H2,1-2H3. The van der Waals surface area contributed by atoms with Crippen LogP contribution in [0.4, 0.5) is 0 Å². The Balaban J connectivity index is 1.93. The van der Waals surface area contributed by atoms with Crippen LogP contribution in [-0.2, 0) is 13.6 Å². The highest BCUT2D eigenvalue weighted by Gasteiger charge is 2.12. The van der Waals surface area contributed by atoms with Crippen LogP contribution >= 0.6 is 15.9 Å². The largest absolute Gasteiger partial charge is 0.497 e. The van der Waals surface area contributed by atoms with Crippen molar-refractivity contribution < 1.29 is 4.74 Å². The van der Waals surface area contributed by atoms with E-state index in [0.29, 0.717) is 12.4 Å². The fraction of sp³-hybridized carbons (Fsp3) is 0.176. The molecule has 0 saturated heterocycles. The van der Waals surface area contributed by atoms with Crippen LogP contribution < -0.4 is 10.4 Å². The Kier molecular flexibility index (Phi) is 4.34. The summed E-state index contributed by atoms with van der Waals surface area (Å²) in [5.41, 5.74) is 1.76. The number of nitrogens with zero attached hydrogens (tertiary/aromatic N) is 3. The van der Waals surface area contributed by atoms with Gasteiger partial charge in [0.2, 0.25) is 0 Å². The lowest BCUT2D eigenvalue weighted by Crippen LogP contribution is -2.23. The fourth-order valence-electron chi connectivity index (χ4n) is 2.35. The second-order valence-corrected chi connectivity index (χ2v) is 6.09. The minimum Gasteiger partial charge on any atom is -0.497 e. The van der Waals surface area contributed by atoms with Crippen LogP contribution in [0.1, 0.15) is 5.56 Å². The van der Waals surface area contributed by atoms with Crippen molar-refractivity contribution in [1.82, 2.24) is 14.3 Å². The van der Waals surface area contributed by atoms with Crippen molar-refractivity contribution in [2.75, 3.05) is 7.11 Å². The van der Waals surface area contributed by atoms with Crippen molar-refractivity contribution in [3.63, 3.8) is 0 Å². The predicted molar refractivity (Wildman–Crippen MR) is 92.7 cm³/mol. The third-order valence-electron chi connectivity index (χ3n) is 3.63. The maximum atomic E-state index is 12.4. The second kappa shape index (κ2) is 6.42. The van der Waals surface area contributed by atoms with Gasteiger partial charge in [-0.25, -0.2) is 9.48 Å². The molecule has 0 aliphatic heterocycles. The third kappa shape index (κ3) is 3.22. The molecule has 1 heterocycles. The van der Waals surface area contributed by atoms with E-state index in [4.69, 9.17) is 4.74 Å². The average Bonchev–Trinajstić information content (AvgIpc) is 2.85. The van der Waals surface area contributed by atoms with E-state index in [0.717, 1.165) is 21.3 Å². The molecule has 0 amide bonds. The summed E-state index contributed by atoms with van der Waals surface area (Å²) in [7, 11) is 3.36. The topological polar surface area (TPSA) is 49.0 Å². The van der Waals surface area contributed by atoms with Crippen LogP contribution in [0, 0.1) is 0 Å². The Labute approximate surface area is 142 Å². The molecule has 2 aromatic carbocycles. The van der Waals surface area contributed by atoms with E-state index in [1.165, 1.54) is 4.68 Å². The van der Waals surface area contributed by atoms with Crippen molar-refractivity contribution >= 4 is 15.9 Å². The number of hydrogen-bond acceptors (Lipinski definition) is 3. The van der Waals surface area contributed by atoms with E-state index in [-0.39, 0.29) is 5.69 Å². The van der Waals surface area contributed by atoms with E-state index in [2.05, 4.69) is 21.0 Å². The number of aromatic nitrogens is 3. The molecule has 0 spiro atoms. The summed E-state index contributed by atoms with van der Waals surface area (Å²) in [5.74, 6) is 1.44. The molecule has 1 aromatic heterocycles. The maximum Gasteiger partial charge on any atom is 0.346 e. The van der Waals surface area contributed by atoms with Gasteiger partial charge in [-0.05, 0) is 29.8 Å². The lowest BCUT2D eigenvalue weighted by Gasteiger charge is -2.02. The fourth-order valence-corrected chi connectivity index (χ4v) is 2.61. The van der Waals surface area contributed by atoms with Crippen LogP contribution in [0.25, 0.3) is 11.4 Å². The zero-order valence-corrected chi connectivity index (χ0v) is 14.4. The molecule has 0 saturated carbocycles. The SMILES string of the molecule is COc1ccc(Cn2nc(-c3ccc(Br)cc3)n(C)c2=O)cc1. The summed E-state index contributed by atoms with van der Waals surface area (Å²) < 4.78 is 9.17. The number of rotatable bonds is 4. The smallest absolute Gasteiger partial charge is 0.346 e. The molecule has 5 nitrogen and oxygen atoms in total. The van der Waals surface area contributed by atoms with Gasteiger partial charge in [-0.3, -0.25) is 4.57 Å². The first-order chi connectivity index (χ1) is 11.1. The van der Waals surface area contributed by atoms with Crippen molar-refractivity contribution in [3.05, 3.63) is 69.1 Å². The van der Waals surface area contributed by atoms with Gasteiger partial charge in [0, 0.05) is 17.1 Å². The van der Waals surface area contributed by atoms with Gasteiger partial charge in [0.25, 0.3) is 0 Å². The Morgan fingerprint density at radius 1 is 1.09 bits per heavy atom. The van der Waals surface area contributed by atoms with E-state index in [1.54, 1.807) is 18.7 Å². The Morgan fingerprint density at radius 3 is 2.35 bits per heavy atom. The minimum atomic E-state index is -0.140. The van der Waals surface area contributed by atoms with Gasteiger partial charge < -0.3 is 4.74 Å². The molecule has 0 aliphatic rings. The highest BCUT2D eigenvalue weighted by Crippen LogP contribution is 2.19. The molecular formula is C17H16BrN3O2. The lowest BCUT2D eigenvalue weighted by atomic mass is 10.2. The minimum absolute atomic E-state index is 0.140. The first kappa shape index (κ1) is 15.6. The van der Waals surface area contributed by atoms with Gasteiger partial charge in [-0.2, -0.15) is 0 Å². The van der Waals surface area contributed by atoms with Crippen molar-refractivity contribution in [2.45, 2.75) is 6.54 Å². The zero-order valence-electron chi connectivity index (χ0n) is 12.9. The summed E-state index contributed by atoms with van der Waals surface area (Å²) in [5, 5.41) is 4.47. The van der Waals surface area contributed by atoms with Crippen LogP contribution in [0.5, 0.6) is 5.75 Å². The van der Waals surface area contributed by atoms with Crippen LogP contribution in [-0.4, -0.2) is 21.5 Å². The quantitative estimate of drug-likeness (QED) is 0.705. The molecule has 0 unspecified atom stereocenters. The van der Waals surface area contributed by atoms with Crippen LogP contribution in [0.3, 0.4) is 0 Å². The summed E-state index contributed by atoms with van der Waals surface area (Å²) >= 11 is 3.41. The number of halogens is 1. The van der Waals surface area contributed by atoms with Crippen LogP contribution in [0.2, 0.25) is 0 Å². The number of methoxy groups -OCH3 is 1. The third-order valence-corrected chi connectivity index (χ3v) is 4.16. The summed E-state index contributed by atoms with van der Waals surface area (Å²) in [6.45, 7) is 0.424. The van der Waals surface area contributed by atoms with Crippen LogP contribution in [0.15, 0.2) is 57.8 Å². The van der Waals surface area contributed by atoms with Gasteiger partial charge in [0.1, 0.15) is 5.75 Å². The van der Waals surface area contributed by atoms with Crippen molar-refractivity contribution in [1.29, 1.82) is 0 Å². The Morgan fingerprint density at radius 2 is 1.74 bits per heavy atom. The molecule has 23 heavy (non-hydrogen) atoms. The van der Waals surface area contributed by atoms with Gasteiger partial charge in [0.15, 0.2) is 5.82 Å². The molecule has 0 N–H and O–H groups in total. The first-order valence-corrected chi connectivity index (χ1v) is 7.90. The monoisotopic (exact) mass is 373 g/mol. The normalized spacial score (nSPS) is 10.7. The Bertz CT molecular complexity index is 864. The summed E-state index contributed by atoms with van der Waals surface area (Å²) in [6.07, 6.45) is 0. The van der Waals surface area contributed by atoms with E-state index >= 15 is 0 Å². The zero-order chi connectivity index (χ0) is 16.4. The van der Waals surface area contributed by atoms with Gasteiger partial charge in [-0.15, -0.1) is 5.10 Å². The average molecular weight is 374 g/mol. The van der Waals surface area contributed by atoms with Crippen molar-refractivity contribution in [2.24, 2.45) is 7.05 Å². The number of benzene rings is 2. The lowest BCUT2D eigenvalue weighted by molar-refractivity contribution is 0.414. The molecule has 6 heteroatoms. The number of ether oxygens (including phenoxy) is 1. The molecular weight excluding hydrogens is 358 g/mol. The summed E-state index contributed by atoms with van der Waals surface area (Å²) in [6, 6.07) is 15.3. The van der Waals surface area contributed by atoms with E-state index in [9.17, 15) is 4.79 Å². The van der Waals surface area contributed by atoms with E-state index < -0.39 is 0 Å². The van der Waals surface area contributed by atoms with Gasteiger partial charge in [0.05, 0.1) is 13.7 Å². The molecule has 3 rings (SSSR count). The molecule has 0 aliphatic carbocycles. The molecule has 3 aromatic rings. The highest BCUT2D eigenvalue weighted by atomic mass is 79.9. The van der Waals surface area contributed by atoms with Gasteiger partial charge >= 0.3 is 5.69 Å². The maximum absolute atomic E-state index is 12.4. The summed E-state index contributed by atoms with van der Waals surface area (Å²) in [4.78, 5) is 12.4. The molecule has 118 valence electrons.